The van der Waals surface area contributed by atoms with E-state index in [0.717, 1.165) is 63.4 Å². The normalized spacial score (nSPS) is 22.2. The lowest BCUT2D eigenvalue weighted by Gasteiger charge is -2.39. The van der Waals surface area contributed by atoms with Crippen molar-refractivity contribution in [2.45, 2.75) is 115 Å². The zero-order chi connectivity index (χ0) is 30.6. The Bertz CT molecular complexity index is 1130. The predicted molar refractivity (Wildman–Crippen MR) is 156 cm³/mol. The maximum Gasteiger partial charge on any atom is 0.347 e. The van der Waals surface area contributed by atoms with Gasteiger partial charge in [0.05, 0.1) is 6.61 Å². The quantitative estimate of drug-likeness (QED) is 0.0951. The third kappa shape index (κ3) is 9.31. The molecule has 0 radical (unpaired) electrons. The maximum atomic E-state index is 13.7. The van der Waals surface area contributed by atoms with Crippen LogP contribution in [-0.2, 0) is 17.6 Å². The smallest absolute Gasteiger partial charge is 0.347 e. The molecule has 5 atom stereocenters. The number of aromatic hydroxyl groups is 2. The van der Waals surface area contributed by atoms with E-state index in [1.54, 1.807) is 12.1 Å². The van der Waals surface area contributed by atoms with Gasteiger partial charge in [-0.15, -0.1) is 0 Å². The average molecular weight is 591 g/mol. The number of benzene rings is 2. The van der Waals surface area contributed by atoms with Crippen molar-refractivity contribution in [1.29, 1.82) is 0 Å². The zero-order valence-corrected chi connectivity index (χ0v) is 24.6. The Hall–Kier alpha value is -2.89. The number of esters is 1. The van der Waals surface area contributed by atoms with Gasteiger partial charge in [0.2, 0.25) is 6.29 Å². The summed E-state index contributed by atoms with van der Waals surface area (Å²) in [4.78, 5) is 13.7. The summed E-state index contributed by atoms with van der Waals surface area (Å²) in [6.07, 6.45) is 2.46. The molecule has 1 saturated heterocycles. The summed E-state index contributed by atoms with van der Waals surface area (Å²) in [7, 11) is 0. The first-order valence-corrected chi connectivity index (χ1v) is 15.1. The van der Waals surface area contributed by atoms with Gasteiger partial charge in [0.25, 0.3) is 0 Å². The number of rotatable bonds is 16. The number of hydrogen-bond donors (Lipinski definition) is 6. The van der Waals surface area contributed by atoms with Crippen molar-refractivity contribution < 1.29 is 49.6 Å². The summed E-state index contributed by atoms with van der Waals surface area (Å²) in [5.41, 5.74) is 1.27. The van der Waals surface area contributed by atoms with Crippen LogP contribution in [0.4, 0.5) is 0 Å². The highest BCUT2D eigenvalue weighted by atomic mass is 16.7. The van der Waals surface area contributed by atoms with Crippen LogP contribution >= 0.6 is 0 Å². The standard InChI is InChI=1S/C32H46O10/c1-3-5-7-9-10-12-20-14-22(34)17-24(15-20)40-31(39)27-21(13-11-8-6-4-2)16-23(35)18-25(27)41-32-30(38)29(37)28(36)26(19-33)42-32/h14-18,26,28-30,32-38H,3-13,19H2,1-2H3/t26-,28+,29+,30-,32-/m1/s1. The third-order valence-corrected chi connectivity index (χ3v) is 7.49. The predicted octanol–water partition coefficient (Wildman–Crippen LogP) is 4.13. The van der Waals surface area contributed by atoms with Crippen LogP contribution in [0, 0.1) is 0 Å². The molecule has 0 unspecified atom stereocenters. The van der Waals surface area contributed by atoms with E-state index < -0.39 is 43.3 Å². The molecule has 1 fully saturated rings. The van der Waals surface area contributed by atoms with Crippen LogP contribution in [0.5, 0.6) is 23.0 Å². The molecule has 0 spiro atoms. The largest absolute Gasteiger partial charge is 0.508 e. The van der Waals surface area contributed by atoms with E-state index in [2.05, 4.69) is 13.8 Å². The molecule has 0 saturated carbocycles. The maximum absolute atomic E-state index is 13.7. The molecule has 3 rings (SSSR count). The molecular formula is C32H46O10. The molecule has 1 aliphatic rings. The highest BCUT2D eigenvalue weighted by Crippen LogP contribution is 2.34. The van der Waals surface area contributed by atoms with E-state index in [1.807, 2.05) is 0 Å². The number of aryl methyl sites for hydroxylation is 2. The zero-order valence-electron chi connectivity index (χ0n) is 24.6. The monoisotopic (exact) mass is 590 g/mol. The summed E-state index contributed by atoms with van der Waals surface area (Å²) >= 11 is 0. The molecule has 0 aromatic heterocycles. The van der Waals surface area contributed by atoms with Gasteiger partial charge in [-0.1, -0.05) is 58.8 Å². The van der Waals surface area contributed by atoms with E-state index in [4.69, 9.17) is 14.2 Å². The van der Waals surface area contributed by atoms with Crippen molar-refractivity contribution in [2.24, 2.45) is 0 Å². The van der Waals surface area contributed by atoms with Gasteiger partial charge in [-0.3, -0.25) is 0 Å². The molecule has 1 heterocycles. The second kappa shape index (κ2) is 16.7. The molecule has 6 N–H and O–H groups in total. The third-order valence-electron chi connectivity index (χ3n) is 7.49. The molecule has 2 aromatic rings. The summed E-state index contributed by atoms with van der Waals surface area (Å²) in [6.45, 7) is 3.58. The number of unbranched alkanes of at least 4 members (excludes halogenated alkanes) is 7. The lowest BCUT2D eigenvalue weighted by atomic mass is 9.98. The van der Waals surface area contributed by atoms with E-state index in [9.17, 15) is 35.4 Å². The molecule has 42 heavy (non-hydrogen) atoms. The molecule has 10 heteroatoms. The van der Waals surface area contributed by atoms with Gasteiger partial charge in [-0.2, -0.15) is 0 Å². The van der Waals surface area contributed by atoms with Crippen LogP contribution in [0.1, 0.15) is 93.1 Å². The van der Waals surface area contributed by atoms with Gasteiger partial charge in [0, 0.05) is 12.1 Å². The molecule has 2 aromatic carbocycles. The van der Waals surface area contributed by atoms with Crippen molar-refractivity contribution >= 4 is 5.97 Å². The lowest BCUT2D eigenvalue weighted by molar-refractivity contribution is -0.277. The molecule has 10 nitrogen and oxygen atoms in total. The summed E-state index contributed by atoms with van der Waals surface area (Å²) in [5, 5.41) is 61.2. The van der Waals surface area contributed by atoms with Crippen LogP contribution in [0.15, 0.2) is 30.3 Å². The SMILES string of the molecule is CCCCCCCc1cc(O)cc(OC(=O)c2c(CCCCCC)cc(O)cc2O[C@@H]2O[C@H](CO)[C@H](O)[C@H](O)[C@H]2O)c1. The molecule has 0 amide bonds. The fourth-order valence-electron chi connectivity index (χ4n) is 5.15. The van der Waals surface area contributed by atoms with Crippen molar-refractivity contribution in [1.82, 2.24) is 0 Å². The second-order valence-corrected chi connectivity index (χ2v) is 11.0. The first kappa shape index (κ1) is 33.6. The van der Waals surface area contributed by atoms with Crippen LogP contribution in [0.2, 0.25) is 0 Å². The average Bonchev–Trinajstić information content (AvgIpc) is 2.95. The second-order valence-electron chi connectivity index (χ2n) is 11.0. The number of aliphatic hydroxyl groups is 4. The van der Waals surface area contributed by atoms with Crippen molar-refractivity contribution in [3.8, 4) is 23.0 Å². The van der Waals surface area contributed by atoms with E-state index in [0.29, 0.717) is 12.0 Å². The number of aliphatic hydroxyl groups excluding tert-OH is 4. The summed E-state index contributed by atoms with van der Waals surface area (Å²) < 4.78 is 17.0. The number of carbonyl (C=O) groups excluding carboxylic acids is 1. The molecule has 0 bridgehead atoms. The van der Waals surface area contributed by atoms with Crippen molar-refractivity contribution in [3.63, 3.8) is 0 Å². The first-order chi connectivity index (χ1) is 20.2. The van der Waals surface area contributed by atoms with Crippen LogP contribution in [0.3, 0.4) is 0 Å². The lowest BCUT2D eigenvalue weighted by Crippen LogP contribution is -2.60. The Labute approximate surface area is 247 Å². The Balaban J connectivity index is 1.90. The molecule has 0 aliphatic carbocycles. The van der Waals surface area contributed by atoms with Crippen LogP contribution < -0.4 is 9.47 Å². The van der Waals surface area contributed by atoms with Gasteiger partial charge in [-0.05, 0) is 55.0 Å². The molecular weight excluding hydrogens is 544 g/mol. The highest BCUT2D eigenvalue weighted by Gasteiger charge is 2.45. The minimum absolute atomic E-state index is 0.00860. The number of hydrogen-bond acceptors (Lipinski definition) is 10. The molecule has 234 valence electrons. The number of phenolic OH excluding ortho intramolecular Hbond substituents is 2. The van der Waals surface area contributed by atoms with Gasteiger partial charge in [0.15, 0.2) is 0 Å². The Morgan fingerprint density at radius 2 is 1.43 bits per heavy atom. The van der Waals surface area contributed by atoms with E-state index >= 15 is 0 Å². The number of phenols is 2. The van der Waals surface area contributed by atoms with E-state index in [-0.39, 0.29) is 28.6 Å². The summed E-state index contributed by atoms with van der Waals surface area (Å²) in [6, 6.07) is 7.32. The fraction of sp³-hybridized carbons (Fsp3) is 0.594. The van der Waals surface area contributed by atoms with Crippen LogP contribution in [0.25, 0.3) is 0 Å². The highest BCUT2D eigenvalue weighted by molar-refractivity contribution is 5.96. The Morgan fingerprint density at radius 1 is 0.786 bits per heavy atom. The topological polar surface area (TPSA) is 166 Å². The van der Waals surface area contributed by atoms with E-state index in [1.165, 1.54) is 24.6 Å². The molecule has 1 aliphatic heterocycles. The van der Waals surface area contributed by atoms with Crippen molar-refractivity contribution in [2.75, 3.05) is 6.61 Å². The Morgan fingerprint density at radius 3 is 2.12 bits per heavy atom. The van der Waals surface area contributed by atoms with Gasteiger partial charge < -0.3 is 44.8 Å². The van der Waals surface area contributed by atoms with Crippen LogP contribution in [-0.4, -0.2) is 73.9 Å². The van der Waals surface area contributed by atoms with Gasteiger partial charge in [0.1, 0.15) is 53.0 Å². The van der Waals surface area contributed by atoms with Crippen molar-refractivity contribution in [3.05, 3.63) is 47.0 Å². The minimum atomic E-state index is -1.71. The minimum Gasteiger partial charge on any atom is -0.508 e. The fourth-order valence-corrected chi connectivity index (χ4v) is 5.15. The number of ether oxygens (including phenoxy) is 3. The van der Waals surface area contributed by atoms with Gasteiger partial charge in [-0.25, -0.2) is 4.79 Å². The Kier molecular flexibility index (Phi) is 13.3. The first-order valence-electron chi connectivity index (χ1n) is 15.1. The van der Waals surface area contributed by atoms with Gasteiger partial charge >= 0.3 is 5.97 Å². The number of carbonyl (C=O) groups is 1. The summed E-state index contributed by atoms with van der Waals surface area (Å²) in [5.74, 6) is -1.05.